The lowest BCUT2D eigenvalue weighted by Gasteiger charge is -2.36. The van der Waals surface area contributed by atoms with Crippen LogP contribution >= 0.6 is 0 Å². The first kappa shape index (κ1) is 21.3. The Labute approximate surface area is 188 Å². The molecule has 0 bridgehead atoms. The molecular formula is C24H32N6O2. The molecule has 0 amide bonds. The summed E-state index contributed by atoms with van der Waals surface area (Å²) >= 11 is 0. The topological polar surface area (TPSA) is 88.9 Å². The predicted octanol–water partition coefficient (Wildman–Crippen LogP) is 3.13. The number of fused-ring (bicyclic) bond motifs is 1. The minimum absolute atomic E-state index is 0.0684. The first-order valence-corrected chi connectivity index (χ1v) is 11.8. The zero-order valence-electron chi connectivity index (χ0n) is 19.2. The lowest BCUT2D eigenvalue weighted by Crippen LogP contribution is -2.41. The van der Waals surface area contributed by atoms with Gasteiger partial charge in [-0.05, 0) is 79.6 Å². The van der Waals surface area contributed by atoms with E-state index in [9.17, 15) is 4.79 Å². The van der Waals surface area contributed by atoms with Gasteiger partial charge in [0.05, 0.1) is 18.2 Å². The van der Waals surface area contributed by atoms with E-state index < -0.39 is 0 Å². The summed E-state index contributed by atoms with van der Waals surface area (Å²) in [5.74, 6) is 1.29. The van der Waals surface area contributed by atoms with Crippen LogP contribution in [0.3, 0.4) is 0 Å². The van der Waals surface area contributed by atoms with Crippen LogP contribution in [0.2, 0.25) is 0 Å². The van der Waals surface area contributed by atoms with Crippen molar-refractivity contribution in [3.05, 3.63) is 51.1 Å². The zero-order chi connectivity index (χ0) is 22.2. The van der Waals surface area contributed by atoms with E-state index in [2.05, 4.69) is 57.5 Å². The quantitative estimate of drug-likeness (QED) is 0.661. The van der Waals surface area contributed by atoms with Crippen molar-refractivity contribution in [1.82, 2.24) is 30.1 Å². The van der Waals surface area contributed by atoms with E-state index in [1.165, 1.54) is 6.42 Å². The fourth-order valence-corrected chi connectivity index (χ4v) is 5.27. The van der Waals surface area contributed by atoms with Gasteiger partial charge in [0, 0.05) is 24.1 Å². The highest BCUT2D eigenvalue weighted by molar-refractivity contribution is 5.85. The number of pyridine rings is 1. The second kappa shape index (κ2) is 8.75. The number of aromatic nitrogens is 5. The van der Waals surface area contributed by atoms with Gasteiger partial charge in [0.25, 0.3) is 5.56 Å². The van der Waals surface area contributed by atoms with Crippen molar-refractivity contribution in [2.75, 3.05) is 19.7 Å². The molecule has 0 spiro atoms. The van der Waals surface area contributed by atoms with Crippen molar-refractivity contribution in [3.8, 4) is 0 Å². The minimum Gasteiger partial charge on any atom is -0.376 e. The second-order valence-corrected chi connectivity index (χ2v) is 9.54. The number of benzene rings is 1. The molecule has 2 aromatic heterocycles. The third kappa shape index (κ3) is 3.97. The number of aryl methyl sites for hydroxylation is 2. The lowest BCUT2D eigenvalue weighted by atomic mass is 9.95. The van der Waals surface area contributed by atoms with Gasteiger partial charge in [-0.25, -0.2) is 4.68 Å². The molecular weight excluding hydrogens is 404 g/mol. The number of ether oxygens (including phenoxy) is 1. The second-order valence-electron chi connectivity index (χ2n) is 9.54. The molecule has 170 valence electrons. The van der Waals surface area contributed by atoms with Gasteiger partial charge in [0.1, 0.15) is 6.04 Å². The highest BCUT2D eigenvalue weighted by Gasteiger charge is 2.33. The molecule has 1 aromatic carbocycles. The molecule has 3 atom stereocenters. The van der Waals surface area contributed by atoms with Gasteiger partial charge in [-0.3, -0.25) is 9.69 Å². The van der Waals surface area contributed by atoms with Crippen molar-refractivity contribution in [2.45, 2.75) is 65.1 Å². The number of nitrogens with zero attached hydrogens (tertiary/aromatic N) is 5. The molecule has 2 saturated heterocycles. The molecule has 0 unspecified atom stereocenters. The number of hydrogen-bond donors (Lipinski definition) is 1. The molecule has 32 heavy (non-hydrogen) atoms. The van der Waals surface area contributed by atoms with Crippen LogP contribution in [0.25, 0.3) is 10.9 Å². The normalized spacial score (nSPS) is 23.1. The summed E-state index contributed by atoms with van der Waals surface area (Å²) < 4.78 is 7.70. The van der Waals surface area contributed by atoms with E-state index >= 15 is 0 Å². The number of aromatic amines is 1. The number of H-pyrrole nitrogens is 1. The summed E-state index contributed by atoms with van der Waals surface area (Å²) in [4.78, 5) is 19.0. The van der Waals surface area contributed by atoms with Crippen LogP contribution in [-0.4, -0.2) is 55.9 Å². The molecule has 3 aromatic rings. The van der Waals surface area contributed by atoms with E-state index in [1.54, 1.807) is 0 Å². The smallest absolute Gasteiger partial charge is 0.253 e. The molecule has 2 aliphatic heterocycles. The minimum atomic E-state index is -0.290. The Morgan fingerprint density at radius 3 is 2.84 bits per heavy atom. The Balaban J connectivity index is 1.63. The SMILES string of the molecule is Cc1ccc(C)c2[nH]c(=O)c([C@@H](c3nnnn3C[C@@H]3CCCO3)N3CCC[C@H](C)C3)cc12. The van der Waals surface area contributed by atoms with Crippen molar-refractivity contribution >= 4 is 10.9 Å². The summed E-state index contributed by atoms with van der Waals surface area (Å²) in [5, 5.41) is 13.8. The Morgan fingerprint density at radius 2 is 2.06 bits per heavy atom. The van der Waals surface area contributed by atoms with Gasteiger partial charge in [-0.1, -0.05) is 19.1 Å². The average Bonchev–Trinajstić information content (AvgIpc) is 3.45. The van der Waals surface area contributed by atoms with Gasteiger partial charge in [0.15, 0.2) is 5.82 Å². The van der Waals surface area contributed by atoms with Gasteiger partial charge in [-0.15, -0.1) is 5.10 Å². The summed E-state index contributed by atoms with van der Waals surface area (Å²) in [5.41, 5.74) is 3.77. The first-order chi connectivity index (χ1) is 15.5. The number of rotatable bonds is 5. The molecule has 1 N–H and O–H groups in total. The van der Waals surface area contributed by atoms with Gasteiger partial charge in [-0.2, -0.15) is 0 Å². The summed E-state index contributed by atoms with van der Waals surface area (Å²) in [6.07, 6.45) is 4.51. The fourth-order valence-electron chi connectivity index (χ4n) is 5.27. The van der Waals surface area contributed by atoms with E-state index in [0.717, 1.165) is 66.8 Å². The molecule has 2 aliphatic rings. The maximum Gasteiger partial charge on any atom is 0.253 e. The van der Waals surface area contributed by atoms with Crippen LogP contribution in [0.1, 0.15) is 61.2 Å². The Bertz CT molecular complexity index is 1160. The molecule has 4 heterocycles. The van der Waals surface area contributed by atoms with Gasteiger partial charge in [0.2, 0.25) is 0 Å². The molecule has 5 rings (SSSR count). The van der Waals surface area contributed by atoms with Crippen LogP contribution in [-0.2, 0) is 11.3 Å². The summed E-state index contributed by atoms with van der Waals surface area (Å²) in [6, 6.07) is 5.94. The molecule has 8 nitrogen and oxygen atoms in total. The van der Waals surface area contributed by atoms with Crippen LogP contribution in [0.15, 0.2) is 23.0 Å². The Hall–Kier alpha value is -2.58. The third-order valence-corrected chi connectivity index (χ3v) is 7.03. The number of tetrazole rings is 1. The summed E-state index contributed by atoms with van der Waals surface area (Å²) in [7, 11) is 0. The van der Waals surface area contributed by atoms with Crippen LogP contribution in [0.5, 0.6) is 0 Å². The maximum atomic E-state index is 13.4. The van der Waals surface area contributed by atoms with Crippen LogP contribution < -0.4 is 5.56 Å². The highest BCUT2D eigenvalue weighted by Crippen LogP contribution is 2.32. The average molecular weight is 437 g/mol. The molecule has 0 aliphatic carbocycles. The van der Waals surface area contributed by atoms with Crippen molar-refractivity contribution < 1.29 is 4.74 Å². The third-order valence-electron chi connectivity index (χ3n) is 7.03. The number of nitrogens with one attached hydrogen (secondary N) is 1. The standard InChI is InChI=1S/C24H32N6O2/c1-15-6-4-10-29(13-15)22(23-26-27-28-30(23)14-18-7-5-11-32-18)20-12-19-16(2)8-9-17(3)21(19)25-24(20)31/h8-9,12,15,18,22H,4-7,10-11,13-14H2,1-3H3,(H,25,31)/t15-,18-,22-/m0/s1. The highest BCUT2D eigenvalue weighted by atomic mass is 16.5. The Kier molecular flexibility index (Phi) is 5.82. The van der Waals surface area contributed by atoms with Crippen LogP contribution in [0.4, 0.5) is 0 Å². The maximum absolute atomic E-state index is 13.4. The molecule has 2 fully saturated rings. The number of hydrogen-bond acceptors (Lipinski definition) is 6. The Morgan fingerprint density at radius 1 is 1.22 bits per heavy atom. The van der Waals surface area contributed by atoms with E-state index in [-0.39, 0.29) is 17.7 Å². The van der Waals surface area contributed by atoms with E-state index in [0.29, 0.717) is 18.0 Å². The molecule has 0 radical (unpaired) electrons. The van der Waals surface area contributed by atoms with Crippen molar-refractivity contribution in [2.24, 2.45) is 5.92 Å². The zero-order valence-corrected chi connectivity index (χ0v) is 19.2. The largest absolute Gasteiger partial charge is 0.376 e. The van der Waals surface area contributed by atoms with Gasteiger partial charge < -0.3 is 9.72 Å². The van der Waals surface area contributed by atoms with Gasteiger partial charge >= 0.3 is 0 Å². The number of piperidine rings is 1. The van der Waals surface area contributed by atoms with E-state index in [1.807, 2.05) is 11.6 Å². The first-order valence-electron chi connectivity index (χ1n) is 11.8. The monoisotopic (exact) mass is 436 g/mol. The molecule has 8 heteroatoms. The van der Waals surface area contributed by atoms with Crippen LogP contribution in [0, 0.1) is 19.8 Å². The fraction of sp³-hybridized carbons (Fsp3) is 0.583. The summed E-state index contributed by atoms with van der Waals surface area (Å²) in [6.45, 7) is 9.64. The van der Waals surface area contributed by atoms with E-state index in [4.69, 9.17) is 4.74 Å². The van der Waals surface area contributed by atoms with Crippen molar-refractivity contribution in [1.29, 1.82) is 0 Å². The lowest BCUT2D eigenvalue weighted by molar-refractivity contribution is 0.0889. The predicted molar refractivity (Wildman–Crippen MR) is 123 cm³/mol. The molecule has 0 saturated carbocycles. The van der Waals surface area contributed by atoms with Crippen molar-refractivity contribution in [3.63, 3.8) is 0 Å². The number of likely N-dealkylation sites (tertiary alicyclic amines) is 1.